The Balaban J connectivity index is 2.42. The van der Waals surface area contributed by atoms with Crippen molar-refractivity contribution >= 4 is 5.96 Å². The summed E-state index contributed by atoms with van der Waals surface area (Å²) in [7, 11) is 7.94. The molecule has 114 valence electrons. The first-order valence-electron chi connectivity index (χ1n) is 7.04. The van der Waals surface area contributed by atoms with E-state index in [1.807, 2.05) is 18.7 Å². The molecule has 1 aromatic rings. The van der Waals surface area contributed by atoms with Crippen LogP contribution < -0.4 is 10.6 Å². The Morgan fingerprint density at radius 1 is 1.30 bits per heavy atom. The maximum atomic E-state index is 4.42. The molecule has 0 aliphatic rings. The summed E-state index contributed by atoms with van der Waals surface area (Å²) in [6, 6.07) is 0. The highest BCUT2D eigenvalue weighted by molar-refractivity contribution is 5.79. The van der Waals surface area contributed by atoms with Crippen molar-refractivity contribution in [1.29, 1.82) is 0 Å². The number of aliphatic imine (C=N–C) groups is 1. The highest BCUT2D eigenvalue weighted by Crippen LogP contribution is 2.10. The van der Waals surface area contributed by atoms with Crippen molar-refractivity contribution in [2.45, 2.75) is 26.8 Å². The van der Waals surface area contributed by atoms with Gasteiger partial charge in [0, 0.05) is 38.4 Å². The van der Waals surface area contributed by atoms with Crippen LogP contribution in [0.5, 0.6) is 0 Å². The van der Waals surface area contributed by atoms with Crippen molar-refractivity contribution in [2.24, 2.45) is 12.0 Å². The second kappa shape index (κ2) is 7.89. The Bertz CT molecular complexity index is 447. The summed E-state index contributed by atoms with van der Waals surface area (Å²) in [5.41, 5.74) is 3.50. The van der Waals surface area contributed by atoms with E-state index in [-0.39, 0.29) is 0 Å². The molecule has 0 unspecified atom stereocenters. The molecule has 6 nitrogen and oxygen atoms in total. The summed E-state index contributed by atoms with van der Waals surface area (Å²) in [6.07, 6.45) is 1.10. The number of hydrogen-bond acceptors (Lipinski definition) is 3. The van der Waals surface area contributed by atoms with Crippen LogP contribution >= 0.6 is 0 Å². The topological polar surface area (TPSA) is 57.5 Å². The van der Waals surface area contributed by atoms with Gasteiger partial charge in [-0.15, -0.1) is 0 Å². The van der Waals surface area contributed by atoms with Crippen LogP contribution in [-0.2, 0) is 13.6 Å². The monoisotopic (exact) mass is 280 g/mol. The molecule has 0 saturated carbocycles. The predicted molar refractivity (Wildman–Crippen MR) is 84.1 cm³/mol. The summed E-state index contributed by atoms with van der Waals surface area (Å²) in [4.78, 5) is 6.42. The molecular formula is C14H28N6. The Morgan fingerprint density at radius 3 is 2.50 bits per heavy atom. The molecular weight excluding hydrogens is 252 g/mol. The molecule has 0 spiro atoms. The lowest BCUT2D eigenvalue weighted by Crippen LogP contribution is -2.38. The third kappa shape index (κ3) is 4.85. The lowest BCUT2D eigenvalue weighted by Gasteiger charge is -2.13. The van der Waals surface area contributed by atoms with Gasteiger partial charge < -0.3 is 15.5 Å². The molecule has 0 fully saturated rings. The van der Waals surface area contributed by atoms with Gasteiger partial charge >= 0.3 is 0 Å². The van der Waals surface area contributed by atoms with Crippen LogP contribution in [0.1, 0.15) is 23.4 Å². The van der Waals surface area contributed by atoms with Gasteiger partial charge in [0.05, 0.1) is 5.69 Å². The van der Waals surface area contributed by atoms with Gasteiger partial charge in [-0.3, -0.25) is 9.67 Å². The highest BCUT2D eigenvalue weighted by atomic mass is 15.3. The minimum Gasteiger partial charge on any atom is -0.356 e. The van der Waals surface area contributed by atoms with E-state index >= 15 is 0 Å². The molecule has 0 atom stereocenters. The highest BCUT2D eigenvalue weighted by Gasteiger charge is 2.09. The van der Waals surface area contributed by atoms with Crippen LogP contribution in [0.2, 0.25) is 0 Å². The van der Waals surface area contributed by atoms with Crippen LogP contribution in [0.3, 0.4) is 0 Å². The van der Waals surface area contributed by atoms with Crippen molar-refractivity contribution in [3.05, 3.63) is 17.0 Å². The zero-order valence-corrected chi connectivity index (χ0v) is 13.6. The fourth-order valence-corrected chi connectivity index (χ4v) is 2.07. The zero-order chi connectivity index (χ0) is 15.1. The fraction of sp³-hybridized carbons (Fsp3) is 0.714. The molecule has 0 amide bonds. The van der Waals surface area contributed by atoms with E-state index in [4.69, 9.17) is 0 Å². The van der Waals surface area contributed by atoms with E-state index in [1.54, 1.807) is 7.05 Å². The maximum Gasteiger partial charge on any atom is 0.191 e. The molecule has 0 saturated heterocycles. The van der Waals surface area contributed by atoms with Gasteiger partial charge in [-0.05, 0) is 40.9 Å². The minimum absolute atomic E-state index is 0.749. The van der Waals surface area contributed by atoms with Gasteiger partial charge in [0.15, 0.2) is 5.96 Å². The van der Waals surface area contributed by atoms with Crippen LogP contribution in [-0.4, -0.2) is 54.9 Å². The Hall–Kier alpha value is -1.56. The minimum atomic E-state index is 0.749. The van der Waals surface area contributed by atoms with Gasteiger partial charge in [0.1, 0.15) is 0 Å². The molecule has 0 aromatic carbocycles. The summed E-state index contributed by atoms with van der Waals surface area (Å²) >= 11 is 0. The smallest absolute Gasteiger partial charge is 0.191 e. The first-order chi connectivity index (χ1) is 9.45. The lowest BCUT2D eigenvalue weighted by molar-refractivity contribution is 0.399. The summed E-state index contributed by atoms with van der Waals surface area (Å²) in [5.74, 6) is 0.839. The normalized spacial score (nSPS) is 12.1. The molecule has 1 rings (SSSR count). The van der Waals surface area contributed by atoms with Crippen molar-refractivity contribution in [3.8, 4) is 0 Å². The Labute approximate surface area is 122 Å². The van der Waals surface area contributed by atoms with E-state index in [1.165, 1.54) is 11.3 Å². The van der Waals surface area contributed by atoms with Crippen LogP contribution in [0.25, 0.3) is 0 Å². The second-order valence-corrected chi connectivity index (χ2v) is 5.28. The molecule has 6 heteroatoms. The molecule has 0 radical (unpaired) electrons. The Morgan fingerprint density at radius 2 is 2.00 bits per heavy atom. The van der Waals surface area contributed by atoms with Crippen LogP contribution in [0.4, 0.5) is 0 Å². The van der Waals surface area contributed by atoms with Crippen molar-refractivity contribution < 1.29 is 0 Å². The zero-order valence-electron chi connectivity index (χ0n) is 13.6. The second-order valence-electron chi connectivity index (χ2n) is 5.28. The van der Waals surface area contributed by atoms with Gasteiger partial charge in [-0.25, -0.2) is 0 Å². The number of nitrogens with zero attached hydrogens (tertiary/aromatic N) is 4. The largest absolute Gasteiger partial charge is 0.356 e. The molecule has 0 aliphatic heterocycles. The third-order valence-corrected chi connectivity index (χ3v) is 3.39. The summed E-state index contributed by atoms with van der Waals surface area (Å²) in [6.45, 7) is 6.87. The first-order valence-corrected chi connectivity index (χ1v) is 7.04. The molecule has 1 heterocycles. The maximum absolute atomic E-state index is 4.42. The quantitative estimate of drug-likeness (QED) is 0.456. The first kappa shape index (κ1) is 16.5. The van der Waals surface area contributed by atoms with E-state index in [0.717, 1.165) is 37.7 Å². The van der Waals surface area contributed by atoms with Crippen molar-refractivity contribution in [3.63, 3.8) is 0 Å². The lowest BCUT2D eigenvalue weighted by atomic mass is 10.2. The van der Waals surface area contributed by atoms with E-state index < -0.39 is 0 Å². The summed E-state index contributed by atoms with van der Waals surface area (Å²) < 4.78 is 1.92. The SMILES string of the molecule is CN=C(NCCCN(C)C)NCc1c(C)nn(C)c1C. The van der Waals surface area contributed by atoms with E-state index in [0.29, 0.717) is 0 Å². The molecule has 0 aliphatic carbocycles. The van der Waals surface area contributed by atoms with E-state index in [2.05, 4.69) is 46.6 Å². The average molecular weight is 280 g/mol. The van der Waals surface area contributed by atoms with Crippen LogP contribution in [0.15, 0.2) is 4.99 Å². The number of rotatable bonds is 6. The van der Waals surface area contributed by atoms with Crippen LogP contribution in [0, 0.1) is 13.8 Å². The van der Waals surface area contributed by atoms with Gasteiger partial charge in [0.2, 0.25) is 0 Å². The number of aryl methyl sites for hydroxylation is 2. The third-order valence-electron chi connectivity index (χ3n) is 3.39. The number of aromatic nitrogens is 2. The van der Waals surface area contributed by atoms with Gasteiger partial charge in [-0.2, -0.15) is 5.10 Å². The molecule has 1 aromatic heterocycles. The molecule has 2 N–H and O–H groups in total. The molecule has 0 bridgehead atoms. The number of guanidine groups is 1. The standard InChI is InChI=1S/C14H28N6/c1-11-13(12(2)20(6)18-11)10-17-14(15-3)16-8-7-9-19(4)5/h7-10H2,1-6H3,(H2,15,16,17). The Kier molecular flexibility index (Phi) is 6.51. The van der Waals surface area contributed by atoms with E-state index in [9.17, 15) is 0 Å². The predicted octanol–water partition coefficient (Wildman–Crippen LogP) is 0.654. The molecule has 20 heavy (non-hydrogen) atoms. The fourth-order valence-electron chi connectivity index (χ4n) is 2.07. The number of hydrogen-bond donors (Lipinski definition) is 2. The average Bonchev–Trinajstić information content (AvgIpc) is 2.63. The summed E-state index contributed by atoms with van der Waals surface area (Å²) in [5, 5.41) is 11.1. The van der Waals surface area contributed by atoms with Crippen molar-refractivity contribution in [1.82, 2.24) is 25.3 Å². The number of nitrogens with one attached hydrogen (secondary N) is 2. The van der Waals surface area contributed by atoms with Gasteiger partial charge in [0.25, 0.3) is 0 Å². The van der Waals surface area contributed by atoms with Gasteiger partial charge in [-0.1, -0.05) is 0 Å². The van der Waals surface area contributed by atoms with Crippen molar-refractivity contribution in [2.75, 3.05) is 34.2 Å².